The predicted molar refractivity (Wildman–Crippen MR) is 84.5 cm³/mol. The predicted octanol–water partition coefficient (Wildman–Crippen LogP) is 2.41. The molecule has 0 aromatic carbocycles. The average molecular weight is 301 g/mol. The number of amides is 1. The van der Waals surface area contributed by atoms with Crippen LogP contribution in [0.5, 0.6) is 0 Å². The van der Waals surface area contributed by atoms with Crippen molar-refractivity contribution in [3.63, 3.8) is 0 Å². The number of aryl methyl sites for hydroxylation is 1. The van der Waals surface area contributed by atoms with Gasteiger partial charge >= 0.3 is 0 Å². The zero-order chi connectivity index (χ0) is 14.7. The summed E-state index contributed by atoms with van der Waals surface area (Å²) >= 11 is 1.58. The minimum Gasteiger partial charge on any atom is -0.335 e. The molecule has 1 aliphatic rings. The number of pyridine rings is 1. The molecule has 1 saturated heterocycles. The van der Waals surface area contributed by atoms with E-state index in [-0.39, 0.29) is 5.91 Å². The zero-order valence-corrected chi connectivity index (χ0v) is 13.0. The number of hydrogen-bond donors (Lipinski definition) is 0. The molecule has 2 aromatic rings. The van der Waals surface area contributed by atoms with E-state index in [0.29, 0.717) is 0 Å². The van der Waals surface area contributed by atoms with Gasteiger partial charge in [0.15, 0.2) is 0 Å². The highest BCUT2D eigenvalue weighted by atomic mass is 32.1. The summed E-state index contributed by atoms with van der Waals surface area (Å²) in [4.78, 5) is 23.1. The van der Waals surface area contributed by atoms with Crippen LogP contribution >= 0.6 is 11.3 Å². The lowest BCUT2D eigenvalue weighted by atomic mass is 10.2. The third-order valence-corrected chi connectivity index (χ3v) is 4.71. The first-order valence-corrected chi connectivity index (χ1v) is 8.02. The van der Waals surface area contributed by atoms with Crippen molar-refractivity contribution in [1.29, 1.82) is 0 Å². The molecular formula is C16H19N3OS. The molecule has 3 heterocycles. The molecule has 1 fully saturated rings. The highest BCUT2D eigenvalue weighted by Gasteiger charge is 2.23. The van der Waals surface area contributed by atoms with Crippen LogP contribution in [0.15, 0.2) is 36.5 Å². The first-order valence-electron chi connectivity index (χ1n) is 7.20. The number of aromatic nitrogens is 1. The second-order valence-corrected chi connectivity index (χ2v) is 6.59. The standard InChI is InChI=1S/C16H19N3OS/c1-13-5-6-15(21-13)16(20)19-10-8-18(9-11-19)12-14-4-2-3-7-17-14/h2-7H,8-12H2,1H3. The Bertz CT molecular complexity index is 603. The summed E-state index contributed by atoms with van der Waals surface area (Å²) in [6, 6.07) is 9.94. The summed E-state index contributed by atoms with van der Waals surface area (Å²) < 4.78 is 0. The molecule has 0 N–H and O–H groups in total. The maximum atomic E-state index is 12.4. The molecule has 0 aliphatic carbocycles. The second kappa shape index (κ2) is 6.37. The molecular weight excluding hydrogens is 282 g/mol. The van der Waals surface area contributed by atoms with Gasteiger partial charge in [0.2, 0.25) is 0 Å². The van der Waals surface area contributed by atoms with E-state index in [1.165, 1.54) is 4.88 Å². The van der Waals surface area contributed by atoms with E-state index in [1.54, 1.807) is 11.3 Å². The van der Waals surface area contributed by atoms with Gasteiger partial charge in [0, 0.05) is 43.8 Å². The van der Waals surface area contributed by atoms with Gasteiger partial charge in [-0.05, 0) is 31.2 Å². The van der Waals surface area contributed by atoms with Crippen molar-refractivity contribution in [3.05, 3.63) is 52.0 Å². The first-order chi connectivity index (χ1) is 10.2. The minimum atomic E-state index is 0.172. The molecule has 0 radical (unpaired) electrons. The Morgan fingerprint density at radius 3 is 2.62 bits per heavy atom. The van der Waals surface area contributed by atoms with Crippen LogP contribution in [0.1, 0.15) is 20.2 Å². The van der Waals surface area contributed by atoms with E-state index in [4.69, 9.17) is 0 Å². The average Bonchev–Trinajstić information content (AvgIpc) is 2.95. The lowest BCUT2D eigenvalue weighted by molar-refractivity contribution is 0.0632. The molecule has 21 heavy (non-hydrogen) atoms. The normalized spacial score (nSPS) is 16.1. The Balaban J connectivity index is 1.54. The highest BCUT2D eigenvalue weighted by Crippen LogP contribution is 2.18. The van der Waals surface area contributed by atoms with Crippen LogP contribution in [-0.4, -0.2) is 46.9 Å². The van der Waals surface area contributed by atoms with Crippen LogP contribution < -0.4 is 0 Å². The van der Waals surface area contributed by atoms with E-state index < -0.39 is 0 Å². The Hall–Kier alpha value is -1.72. The number of carbonyl (C=O) groups is 1. The molecule has 0 spiro atoms. The van der Waals surface area contributed by atoms with Crippen molar-refractivity contribution < 1.29 is 4.79 Å². The minimum absolute atomic E-state index is 0.172. The smallest absolute Gasteiger partial charge is 0.264 e. The summed E-state index contributed by atoms with van der Waals surface area (Å²) in [5.41, 5.74) is 1.09. The van der Waals surface area contributed by atoms with Gasteiger partial charge < -0.3 is 4.90 Å². The van der Waals surface area contributed by atoms with Crippen LogP contribution in [0.3, 0.4) is 0 Å². The third-order valence-electron chi connectivity index (χ3n) is 3.72. The molecule has 110 valence electrons. The quantitative estimate of drug-likeness (QED) is 0.873. The number of nitrogens with zero attached hydrogens (tertiary/aromatic N) is 3. The lowest BCUT2D eigenvalue weighted by Crippen LogP contribution is -2.48. The summed E-state index contributed by atoms with van der Waals surface area (Å²) in [6.45, 7) is 6.30. The molecule has 4 nitrogen and oxygen atoms in total. The molecule has 3 rings (SSSR count). The van der Waals surface area contributed by atoms with E-state index in [2.05, 4.69) is 9.88 Å². The maximum Gasteiger partial charge on any atom is 0.264 e. The monoisotopic (exact) mass is 301 g/mol. The van der Waals surface area contributed by atoms with E-state index in [9.17, 15) is 4.79 Å². The van der Waals surface area contributed by atoms with E-state index in [0.717, 1.165) is 43.3 Å². The van der Waals surface area contributed by atoms with Gasteiger partial charge in [-0.2, -0.15) is 0 Å². The largest absolute Gasteiger partial charge is 0.335 e. The Morgan fingerprint density at radius 1 is 1.19 bits per heavy atom. The molecule has 1 aliphatic heterocycles. The Morgan fingerprint density at radius 2 is 2.00 bits per heavy atom. The van der Waals surface area contributed by atoms with Crippen molar-refractivity contribution in [2.75, 3.05) is 26.2 Å². The first kappa shape index (κ1) is 14.2. The van der Waals surface area contributed by atoms with Crippen LogP contribution in [0, 0.1) is 6.92 Å². The molecule has 0 saturated carbocycles. The Kier molecular flexibility index (Phi) is 4.31. The van der Waals surface area contributed by atoms with Gasteiger partial charge in [0.1, 0.15) is 0 Å². The van der Waals surface area contributed by atoms with Crippen LogP contribution in [0.25, 0.3) is 0 Å². The van der Waals surface area contributed by atoms with Gasteiger partial charge in [-0.3, -0.25) is 14.7 Å². The van der Waals surface area contributed by atoms with Crippen molar-refractivity contribution in [1.82, 2.24) is 14.8 Å². The molecule has 5 heteroatoms. The Labute approximate surface area is 129 Å². The van der Waals surface area contributed by atoms with Crippen LogP contribution in [-0.2, 0) is 6.54 Å². The molecule has 0 unspecified atom stereocenters. The third kappa shape index (κ3) is 3.49. The SMILES string of the molecule is Cc1ccc(C(=O)N2CCN(Cc3ccccn3)CC2)s1. The van der Waals surface area contributed by atoms with Gasteiger partial charge in [0.25, 0.3) is 5.91 Å². The fourth-order valence-corrected chi connectivity index (χ4v) is 3.37. The summed E-state index contributed by atoms with van der Waals surface area (Å²) in [5.74, 6) is 0.172. The molecule has 0 atom stereocenters. The number of carbonyl (C=O) groups excluding carboxylic acids is 1. The van der Waals surface area contributed by atoms with Crippen LogP contribution in [0.4, 0.5) is 0 Å². The number of piperazine rings is 1. The van der Waals surface area contributed by atoms with Gasteiger partial charge in [-0.1, -0.05) is 6.07 Å². The summed E-state index contributed by atoms with van der Waals surface area (Å²) in [5, 5.41) is 0. The van der Waals surface area contributed by atoms with Crippen molar-refractivity contribution in [3.8, 4) is 0 Å². The van der Waals surface area contributed by atoms with Gasteiger partial charge in [-0.25, -0.2) is 0 Å². The fraction of sp³-hybridized carbons (Fsp3) is 0.375. The van der Waals surface area contributed by atoms with E-state index >= 15 is 0 Å². The number of thiophene rings is 1. The maximum absolute atomic E-state index is 12.4. The van der Waals surface area contributed by atoms with E-state index in [1.807, 2.05) is 48.4 Å². The summed E-state index contributed by atoms with van der Waals surface area (Å²) in [7, 11) is 0. The number of hydrogen-bond acceptors (Lipinski definition) is 4. The second-order valence-electron chi connectivity index (χ2n) is 5.30. The van der Waals surface area contributed by atoms with Gasteiger partial charge in [0.05, 0.1) is 10.6 Å². The van der Waals surface area contributed by atoms with Gasteiger partial charge in [-0.15, -0.1) is 11.3 Å². The zero-order valence-electron chi connectivity index (χ0n) is 12.2. The lowest BCUT2D eigenvalue weighted by Gasteiger charge is -2.34. The fourth-order valence-electron chi connectivity index (χ4n) is 2.54. The summed E-state index contributed by atoms with van der Waals surface area (Å²) in [6.07, 6.45) is 1.83. The number of rotatable bonds is 3. The molecule has 0 bridgehead atoms. The highest BCUT2D eigenvalue weighted by molar-refractivity contribution is 7.13. The van der Waals surface area contributed by atoms with Crippen molar-refractivity contribution in [2.45, 2.75) is 13.5 Å². The van der Waals surface area contributed by atoms with Crippen molar-refractivity contribution >= 4 is 17.2 Å². The molecule has 2 aromatic heterocycles. The van der Waals surface area contributed by atoms with Crippen molar-refractivity contribution in [2.24, 2.45) is 0 Å². The molecule has 1 amide bonds. The topological polar surface area (TPSA) is 36.4 Å². The van der Waals surface area contributed by atoms with Crippen LogP contribution in [0.2, 0.25) is 0 Å².